The molecule has 1 fully saturated rings. The maximum atomic E-state index is 12.1. The van der Waals surface area contributed by atoms with Crippen LogP contribution in [0.15, 0.2) is 24.3 Å². The zero-order chi connectivity index (χ0) is 21.4. The number of hydrogen-bond donors (Lipinski definition) is 2. The van der Waals surface area contributed by atoms with Crippen molar-refractivity contribution >= 4 is 33.6 Å². The van der Waals surface area contributed by atoms with Crippen LogP contribution in [-0.2, 0) is 24.3 Å². The number of benzene rings is 1. The van der Waals surface area contributed by atoms with Crippen LogP contribution < -0.4 is 15.4 Å². The maximum Gasteiger partial charge on any atom is 0.325 e. The predicted octanol–water partition coefficient (Wildman–Crippen LogP) is 0.948. The molecule has 10 nitrogen and oxygen atoms in total. The summed E-state index contributed by atoms with van der Waals surface area (Å²) in [5.74, 6) is -1.18. The minimum atomic E-state index is -3.27. The van der Waals surface area contributed by atoms with Crippen molar-refractivity contribution in [1.82, 2.24) is 9.62 Å². The minimum Gasteiger partial charge on any atom is -0.497 e. The van der Waals surface area contributed by atoms with Gasteiger partial charge in [0, 0.05) is 18.8 Å². The third-order valence-electron chi connectivity index (χ3n) is 4.49. The second kappa shape index (κ2) is 10.2. The third kappa shape index (κ3) is 6.71. The number of rotatable bonds is 7. The SMILES string of the molecule is CCS(=O)(=O)N1CCC(C(=O)OCC(=O)NC(=O)Nc2ccc(OC)cc2)CC1. The Labute approximate surface area is 169 Å². The van der Waals surface area contributed by atoms with E-state index in [1.54, 1.807) is 31.2 Å². The summed E-state index contributed by atoms with van der Waals surface area (Å²) in [6, 6.07) is 5.75. The lowest BCUT2D eigenvalue weighted by Crippen LogP contribution is -2.42. The zero-order valence-electron chi connectivity index (χ0n) is 16.3. The quantitative estimate of drug-likeness (QED) is 0.619. The van der Waals surface area contributed by atoms with E-state index in [2.05, 4.69) is 10.6 Å². The number of amides is 3. The van der Waals surface area contributed by atoms with Crippen LogP contribution in [0.1, 0.15) is 19.8 Å². The fourth-order valence-electron chi connectivity index (χ4n) is 2.81. The third-order valence-corrected chi connectivity index (χ3v) is 6.37. The molecule has 1 aromatic carbocycles. The summed E-state index contributed by atoms with van der Waals surface area (Å²) in [4.78, 5) is 35.7. The number of esters is 1. The molecule has 0 radical (unpaired) electrons. The summed E-state index contributed by atoms with van der Waals surface area (Å²) < 4.78 is 35.0. The van der Waals surface area contributed by atoms with Gasteiger partial charge in [-0.1, -0.05) is 0 Å². The maximum absolute atomic E-state index is 12.1. The van der Waals surface area contributed by atoms with E-state index < -0.39 is 40.5 Å². The Balaban J connectivity index is 1.71. The highest BCUT2D eigenvalue weighted by molar-refractivity contribution is 7.89. The molecule has 160 valence electrons. The van der Waals surface area contributed by atoms with E-state index in [-0.39, 0.29) is 18.8 Å². The lowest BCUT2D eigenvalue weighted by atomic mass is 9.98. The molecule has 0 saturated carbocycles. The average Bonchev–Trinajstić information content (AvgIpc) is 2.72. The average molecular weight is 427 g/mol. The first-order valence-corrected chi connectivity index (χ1v) is 10.8. The van der Waals surface area contributed by atoms with Gasteiger partial charge in [-0.05, 0) is 44.0 Å². The molecule has 0 bridgehead atoms. The van der Waals surface area contributed by atoms with Gasteiger partial charge in [0.1, 0.15) is 5.75 Å². The first-order valence-electron chi connectivity index (χ1n) is 9.14. The second-order valence-electron chi connectivity index (χ2n) is 6.41. The molecule has 0 aromatic heterocycles. The molecule has 0 spiro atoms. The number of piperidine rings is 1. The zero-order valence-corrected chi connectivity index (χ0v) is 17.2. The van der Waals surface area contributed by atoms with Crippen molar-refractivity contribution in [2.75, 3.05) is 37.9 Å². The van der Waals surface area contributed by atoms with E-state index in [1.165, 1.54) is 11.4 Å². The van der Waals surface area contributed by atoms with E-state index >= 15 is 0 Å². The summed E-state index contributed by atoms with van der Waals surface area (Å²) in [6.07, 6.45) is 0.662. The van der Waals surface area contributed by atoms with Gasteiger partial charge in [-0.15, -0.1) is 0 Å². The number of anilines is 1. The number of sulfonamides is 1. The van der Waals surface area contributed by atoms with Gasteiger partial charge in [-0.3, -0.25) is 14.9 Å². The van der Waals surface area contributed by atoms with Gasteiger partial charge in [0.15, 0.2) is 6.61 Å². The Morgan fingerprint density at radius 1 is 1.14 bits per heavy atom. The normalized spacial score (nSPS) is 15.4. The Hall–Kier alpha value is -2.66. The highest BCUT2D eigenvalue weighted by atomic mass is 32.2. The molecule has 0 unspecified atom stereocenters. The number of nitrogens with one attached hydrogen (secondary N) is 2. The van der Waals surface area contributed by atoms with Gasteiger partial charge < -0.3 is 14.8 Å². The van der Waals surface area contributed by atoms with Gasteiger partial charge in [-0.25, -0.2) is 17.5 Å². The van der Waals surface area contributed by atoms with Gasteiger partial charge in [0.05, 0.1) is 18.8 Å². The van der Waals surface area contributed by atoms with E-state index in [0.29, 0.717) is 24.3 Å². The molecule has 1 heterocycles. The summed E-state index contributed by atoms with van der Waals surface area (Å²) in [5, 5.41) is 4.54. The second-order valence-corrected chi connectivity index (χ2v) is 8.67. The van der Waals surface area contributed by atoms with Crippen LogP contribution in [-0.4, -0.2) is 63.2 Å². The highest BCUT2D eigenvalue weighted by Crippen LogP contribution is 2.21. The van der Waals surface area contributed by atoms with Crippen molar-refractivity contribution in [2.24, 2.45) is 5.92 Å². The molecule has 0 atom stereocenters. The molecule has 1 aliphatic heterocycles. The van der Waals surface area contributed by atoms with Crippen molar-refractivity contribution in [3.05, 3.63) is 24.3 Å². The molecule has 1 aromatic rings. The Kier molecular flexibility index (Phi) is 7.97. The van der Waals surface area contributed by atoms with E-state index in [4.69, 9.17) is 9.47 Å². The van der Waals surface area contributed by atoms with Crippen molar-refractivity contribution in [3.8, 4) is 5.75 Å². The summed E-state index contributed by atoms with van der Waals surface area (Å²) in [7, 11) is -1.75. The molecule has 0 aliphatic carbocycles. The Morgan fingerprint density at radius 2 is 1.76 bits per heavy atom. The van der Waals surface area contributed by atoms with Gasteiger partial charge in [0.25, 0.3) is 5.91 Å². The number of ether oxygens (including phenoxy) is 2. The number of carbonyl (C=O) groups is 3. The summed E-state index contributed by atoms with van der Waals surface area (Å²) in [5.41, 5.74) is 0.460. The van der Waals surface area contributed by atoms with Gasteiger partial charge in [0.2, 0.25) is 10.0 Å². The number of nitrogens with zero attached hydrogens (tertiary/aromatic N) is 1. The molecule has 2 N–H and O–H groups in total. The van der Waals surface area contributed by atoms with Crippen LogP contribution >= 0.6 is 0 Å². The molecule has 3 amide bonds. The van der Waals surface area contributed by atoms with Crippen LogP contribution in [0.3, 0.4) is 0 Å². The molecule has 11 heteroatoms. The van der Waals surface area contributed by atoms with Crippen molar-refractivity contribution in [2.45, 2.75) is 19.8 Å². The molecule has 2 rings (SSSR count). The molecule has 29 heavy (non-hydrogen) atoms. The molecular weight excluding hydrogens is 402 g/mol. The number of hydrogen-bond acceptors (Lipinski definition) is 7. The monoisotopic (exact) mass is 427 g/mol. The lowest BCUT2D eigenvalue weighted by molar-refractivity contribution is -0.153. The lowest BCUT2D eigenvalue weighted by Gasteiger charge is -2.29. The van der Waals surface area contributed by atoms with Crippen molar-refractivity contribution in [3.63, 3.8) is 0 Å². The first kappa shape index (κ1) is 22.6. The minimum absolute atomic E-state index is 0.0148. The summed E-state index contributed by atoms with van der Waals surface area (Å²) in [6.45, 7) is 1.46. The summed E-state index contributed by atoms with van der Waals surface area (Å²) >= 11 is 0. The number of urea groups is 1. The van der Waals surface area contributed by atoms with E-state index in [0.717, 1.165) is 0 Å². The smallest absolute Gasteiger partial charge is 0.325 e. The topological polar surface area (TPSA) is 131 Å². The van der Waals surface area contributed by atoms with Crippen LogP contribution in [0.5, 0.6) is 5.75 Å². The Morgan fingerprint density at radius 3 is 2.31 bits per heavy atom. The van der Waals surface area contributed by atoms with Crippen LogP contribution in [0, 0.1) is 5.92 Å². The van der Waals surface area contributed by atoms with Crippen LogP contribution in [0.25, 0.3) is 0 Å². The van der Waals surface area contributed by atoms with E-state index in [1.807, 2.05) is 0 Å². The molecule has 1 aliphatic rings. The number of carbonyl (C=O) groups excluding carboxylic acids is 3. The van der Waals surface area contributed by atoms with Crippen molar-refractivity contribution < 1.29 is 32.3 Å². The fourth-order valence-corrected chi connectivity index (χ4v) is 3.94. The first-order chi connectivity index (χ1) is 13.7. The van der Waals surface area contributed by atoms with Crippen LogP contribution in [0.2, 0.25) is 0 Å². The molecule has 1 saturated heterocycles. The van der Waals surface area contributed by atoms with Gasteiger partial charge in [-0.2, -0.15) is 0 Å². The van der Waals surface area contributed by atoms with E-state index in [9.17, 15) is 22.8 Å². The van der Waals surface area contributed by atoms with Crippen molar-refractivity contribution in [1.29, 1.82) is 0 Å². The number of methoxy groups -OCH3 is 1. The standard InChI is InChI=1S/C18H25N3O7S/c1-3-29(25,26)21-10-8-13(9-11-21)17(23)28-12-16(22)20-18(24)19-14-4-6-15(27-2)7-5-14/h4-7,13H,3,8-12H2,1-2H3,(H2,19,20,22,24). The van der Waals surface area contributed by atoms with Gasteiger partial charge >= 0.3 is 12.0 Å². The number of imide groups is 1. The largest absolute Gasteiger partial charge is 0.497 e. The van der Waals surface area contributed by atoms with Crippen LogP contribution in [0.4, 0.5) is 10.5 Å². The predicted molar refractivity (Wildman–Crippen MR) is 105 cm³/mol. The molecular formula is C18H25N3O7S. The Bertz CT molecular complexity index is 832. The fraction of sp³-hybridized carbons (Fsp3) is 0.500. The highest BCUT2D eigenvalue weighted by Gasteiger charge is 2.31.